The molecular formula is C24H45N3O. The molecule has 1 saturated heterocycles. The molecule has 4 nitrogen and oxygen atoms in total. The molecule has 3 fully saturated rings. The van der Waals surface area contributed by atoms with Gasteiger partial charge in [-0.25, -0.2) is 0 Å². The maximum absolute atomic E-state index is 10.8. The lowest BCUT2D eigenvalue weighted by Crippen LogP contribution is -2.62. The van der Waals surface area contributed by atoms with Crippen LogP contribution in [0.4, 0.5) is 0 Å². The number of nitrogens with one attached hydrogen (secondary N) is 2. The Hall–Kier alpha value is -0.740. The predicted molar refractivity (Wildman–Crippen MR) is 119 cm³/mol. The fourth-order valence-corrected chi connectivity index (χ4v) is 6.14. The van der Waals surface area contributed by atoms with Crippen molar-refractivity contribution in [1.29, 1.82) is 0 Å². The van der Waals surface area contributed by atoms with E-state index in [1.54, 1.807) is 0 Å². The highest BCUT2D eigenvalue weighted by molar-refractivity contribution is 5.06. The molecule has 0 atom stereocenters. The minimum Gasteiger partial charge on any atom is -0.509 e. The Labute approximate surface area is 173 Å². The zero-order valence-corrected chi connectivity index (χ0v) is 18.9. The van der Waals surface area contributed by atoms with Gasteiger partial charge in [-0.1, -0.05) is 38.5 Å². The van der Waals surface area contributed by atoms with Gasteiger partial charge in [0.05, 0.1) is 6.54 Å². The summed E-state index contributed by atoms with van der Waals surface area (Å²) in [5.41, 5.74) is 0.256. The summed E-state index contributed by atoms with van der Waals surface area (Å²) in [6, 6.07) is 1.66. The third-order valence-corrected chi connectivity index (χ3v) is 7.06. The van der Waals surface area contributed by atoms with E-state index < -0.39 is 0 Å². The van der Waals surface area contributed by atoms with Gasteiger partial charge in [0.25, 0.3) is 0 Å². The first-order valence-corrected chi connectivity index (χ1v) is 11.9. The number of aliphatic hydroxyl groups excluding tert-OH is 1. The van der Waals surface area contributed by atoms with E-state index in [9.17, 15) is 5.11 Å². The van der Waals surface area contributed by atoms with Gasteiger partial charge in [0.15, 0.2) is 0 Å². The van der Waals surface area contributed by atoms with Gasteiger partial charge < -0.3 is 20.6 Å². The van der Waals surface area contributed by atoms with Gasteiger partial charge in [-0.05, 0) is 66.2 Å². The van der Waals surface area contributed by atoms with Crippen molar-refractivity contribution in [2.75, 3.05) is 6.54 Å². The highest BCUT2D eigenvalue weighted by Gasteiger charge is 2.41. The molecule has 0 aromatic heterocycles. The molecule has 4 heteroatoms. The van der Waals surface area contributed by atoms with E-state index in [2.05, 4.69) is 49.4 Å². The second-order valence-electron chi connectivity index (χ2n) is 11.0. The third-order valence-electron chi connectivity index (χ3n) is 7.06. The topological polar surface area (TPSA) is 47.5 Å². The minimum atomic E-state index is 0.128. The fraction of sp³-hybridized carbons (Fsp3) is 0.917. The number of rotatable bonds is 6. The van der Waals surface area contributed by atoms with Gasteiger partial charge in [-0.3, -0.25) is 0 Å². The summed E-state index contributed by atoms with van der Waals surface area (Å²) < 4.78 is 0. The Bertz CT molecular complexity index is 500. The van der Waals surface area contributed by atoms with Crippen LogP contribution in [0.5, 0.6) is 0 Å². The van der Waals surface area contributed by atoms with Crippen molar-refractivity contribution < 1.29 is 5.11 Å². The van der Waals surface area contributed by atoms with Gasteiger partial charge in [0.2, 0.25) is 0 Å². The van der Waals surface area contributed by atoms with Gasteiger partial charge >= 0.3 is 0 Å². The smallest absolute Gasteiger partial charge is 0.122 e. The molecule has 0 unspecified atom stereocenters. The van der Waals surface area contributed by atoms with Crippen molar-refractivity contribution in [3.05, 3.63) is 12.0 Å². The van der Waals surface area contributed by atoms with Gasteiger partial charge in [-0.2, -0.15) is 0 Å². The van der Waals surface area contributed by atoms with Crippen LogP contribution in [0.3, 0.4) is 0 Å². The Morgan fingerprint density at radius 2 is 1.43 bits per heavy atom. The minimum absolute atomic E-state index is 0.128. The first-order valence-electron chi connectivity index (χ1n) is 11.9. The molecule has 0 aromatic carbocycles. The normalized spacial score (nSPS) is 27.6. The number of piperidine rings is 1. The molecule has 0 spiro atoms. The Morgan fingerprint density at radius 3 is 2.00 bits per heavy atom. The number of hydrogen-bond acceptors (Lipinski definition) is 4. The first-order chi connectivity index (χ1) is 13.2. The van der Waals surface area contributed by atoms with Crippen LogP contribution in [-0.2, 0) is 0 Å². The van der Waals surface area contributed by atoms with Crippen LogP contribution in [0.1, 0.15) is 105 Å². The standard InChI is InChI=1S/C24H45N3O/c1-23(2)15-21(16-24(3,4)26-23)27(20-13-9-6-10-14-20)18-22(28)17-25-19-11-7-5-8-12-19/h18-21,25-26,28H,5-17H2,1-4H3/b22-18-. The molecule has 3 N–H and O–H groups in total. The molecule has 0 aromatic rings. The summed E-state index contributed by atoms with van der Waals surface area (Å²) in [7, 11) is 0. The van der Waals surface area contributed by atoms with Crippen LogP contribution in [0.15, 0.2) is 12.0 Å². The summed E-state index contributed by atoms with van der Waals surface area (Å²) in [6.07, 6.45) is 17.5. The van der Waals surface area contributed by atoms with Crippen molar-refractivity contribution in [1.82, 2.24) is 15.5 Å². The number of hydrogen-bond donors (Lipinski definition) is 3. The molecular weight excluding hydrogens is 346 g/mol. The molecule has 2 saturated carbocycles. The molecule has 3 aliphatic rings. The summed E-state index contributed by atoms with van der Waals surface area (Å²) in [5.74, 6) is 0.519. The molecule has 3 rings (SSSR count). The Balaban J connectivity index is 1.70. The van der Waals surface area contributed by atoms with Crippen LogP contribution < -0.4 is 10.6 Å². The maximum atomic E-state index is 10.8. The third kappa shape index (κ3) is 6.38. The van der Waals surface area contributed by atoms with Gasteiger partial charge in [-0.15, -0.1) is 0 Å². The molecule has 1 heterocycles. The average Bonchev–Trinajstić information content (AvgIpc) is 2.63. The maximum Gasteiger partial charge on any atom is 0.122 e. The summed E-state index contributed by atoms with van der Waals surface area (Å²) in [6.45, 7) is 9.93. The largest absolute Gasteiger partial charge is 0.509 e. The zero-order valence-electron chi connectivity index (χ0n) is 18.9. The molecule has 162 valence electrons. The molecule has 1 aliphatic heterocycles. The molecule has 0 bridgehead atoms. The molecule has 0 amide bonds. The SMILES string of the molecule is CC1(C)CC(N(/C=C(\O)CNC2CCCCC2)C2CCCCC2)CC(C)(C)N1. The Kier molecular flexibility index (Phi) is 7.36. The highest BCUT2D eigenvalue weighted by Crippen LogP contribution is 2.35. The van der Waals surface area contributed by atoms with Crippen LogP contribution >= 0.6 is 0 Å². The lowest BCUT2D eigenvalue weighted by atomic mass is 9.78. The van der Waals surface area contributed by atoms with Crippen molar-refractivity contribution in [2.45, 2.75) is 134 Å². The molecule has 0 radical (unpaired) electrons. The second kappa shape index (κ2) is 9.38. The van der Waals surface area contributed by atoms with Crippen molar-refractivity contribution in [3.63, 3.8) is 0 Å². The van der Waals surface area contributed by atoms with Crippen LogP contribution in [0.25, 0.3) is 0 Å². The first kappa shape index (κ1) is 22.0. The van der Waals surface area contributed by atoms with Gasteiger partial charge in [0, 0.05) is 35.4 Å². The van der Waals surface area contributed by atoms with E-state index in [1.807, 2.05) is 0 Å². The van der Waals surface area contributed by atoms with E-state index in [0.717, 1.165) is 12.8 Å². The summed E-state index contributed by atoms with van der Waals surface area (Å²) in [5, 5.41) is 18.2. The fourth-order valence-electron chi connectivity index (χ4n) is 6.14. The molecule has 28 heavy (non-hydrogen) atoms. The molecule has 2 aliphatic carbocycles. The van der Waals surface area contributed by atoms with Crippen molar-refractivity contribution in [2.24, 2.45) is 0 Å². The van der Waals surface area contributed by atoms with Crippen LogP contribution in [0.2, 0.25) is 0 Å². The Morgan fingerprint density at radius 1 is 0.893 bits per heavy atom. The average molecular weight is 392 g/mol. The van der Waals surface area contributed by atoms with E-state index in [4.69, 9.17) is 0 Å². The monoisotopic (exact) mass is 391 g/mol. The van der Waals surface area contributed by atoms with Crippen molar-refractivity contribution >= 4 is 0 Å². The predicted octanol–water partition coefficient (Wildman–Crippen LogP) is 5.25. The second-order valence-corrected chi connectivity index (χ2v) is 11.0. The zero-order chi connectivity index (χ0) is 20.2. The quantitative estimate of drug-likeness (QED) is 0.541. The van der Waals surface area contributed by atoms with Crippen LogP contribution in [-0.4, -0.2) is 45.8 Å². The highest BCUT2D eigenvalue weighted by atomic mass is 16.3. The van der Waals surface area contributed by atoms with Crippen LogP contribution in [0, 0.1) is 0 Å². The summed E-state index contributed by atoms with van der Waals surface area (Å²) >= 11 is 0. The lowest BCUT2D eigenvalue weighted by Gasteiger charge is -2.51. The van der Waals surface area contributed by atoms with Gasteiger partial charge in [0.1, 0.15) is 5.76 Å². The summed E-state index contributed by atoms with van der Waals surface area (Å²) in [4.78, 5) is 2.57. The number of aliphatic hydroxyl groups is 1. The lowest BCUT2D eigenvalue weighted by molar-refractivity contribution is 0.0573. The van der Waals surface area contributed by atoms with E-state index in [-0.39, 0.29) is 11.1 Å². The van der Waals surface area contributed by atoms with E-state index >= 15 is 0 Å². The van der Waals surface area contributed by atoms with E-state index in [1.165, 1.54) is 64.2 Å². The number of nitrogens with zero attached hydrogens (tertiary/aromatic N) is 1. The van der Waals surface area contributed by atoms with Crippen molar-refractivity contribution in [3.8, 4) is 0 Å². The van der Waals surface area contributed by atoms with E-state index in [0.29, 0.717) is 30.4 Å².